The van der Waals surface area contributed by atoms with Gasteiger partial charge in [-0.25, -0.2) is 0 Å². The summed E-state index contributed by atoms with van der Waals surface area (Å²) in [5, 5.41) is 3.07. The lowest BCUT2D eigenvalue weighted by molar-refractivity contribution is 0.103. The number of hydrogen-bond acceptors (Lipinski definition) is 2. The van der Waals surface area contributed by atoms with Gasteiger partial charge in [0, 0.05) is 10.6 Å². The molecule has 0 saturated carbocycles. The Kier molecular flexibility index (Phi) is 4.11. The van der Waals surface area contributed by atoms with Gasteiger partial charge in [-0.1, -0.05) is 32.0 Å². The lowest BCUT2D eigenvalue weighted by Gasteiger charge is -2.16. The Morgan fingerprint density at radius 3 is 3.00 bits per heavy atom. The first-order valence-electron chi connectivity index (χ1n) is 7.68. The summed E-state index contributed by atoms with van der Waals surface area (Å²) in [4.78, 5) is 14.7. The highest BCUT2D eigenvalue weighted by Crippen LogP contribution is 2.32. The van der Waals surface area contributed by atoms with Crippen molar-refractivity contribution in [3.05, 3.63) is 51.2 Å². The quantitative estimate of drug-likeness (QED) is 0.875. The van der Waals surface area contributed by atoms with E-state index in [1.807, 2.05) is 18.2 Å². The van der Waals surface area contributed by atoms with Gasteiger partial charge in [0.1, 0.15) is 0 Å². The Morgan fingerprint density at radius 2 is 2.19 bits per heavy atom. The van der Waals surface area contributed by atoms with Crippen LogP contribution in [0.15, 0.2) is 30.3 Å². The largest absolute Gasteiger partial charge is 0.321 e. The zero-order valence-corrected chi connectivity index (χ0v) is 13.4. The first-order chi connectivity index (χ1) is 10.2. The van der Waals surface area contributed by atoms with Crippen LogP contribution in [0, 0.1) is 5.92 Å². The van der Waals surface area contributed by atoms with E-state index in [1.165, 1.54) is 22.4 Å². The number of anilines is 1. The Balaban J connectivity index is 1.80. The summed E-state index contributed by atoms with van der Waals surface area (Å²) in [6.45, 7) is 4.40. The second-order valence-electron chi connectivity index (χ2n) is 5.87. The van der Waals surface area contributed by atoms with Gasteiger partial charge in [0.25, 0.3) is 5.91 Å². The summed E-state index contributed by atoms with van der Waals surface area (Å²) in [6, 6.07) is 10.1. The third-order valence-corrected chi connectivity index (χ3v) is 5.44. The van der Waals surface area contributed by atoms with Crippen LogP contribution in [-0.2, 0) is 19.3 Å². The van der Waals surface area contributed by atoms with Gasteiger partial charge in [-0.2, -0.15) is 0 Å². The van der Waals surface area contributed by atoms with Crippen molar-refractivity contribution in [3.63, 3.8) is 0 Å². The van der Waals surface area contributed by atoms with Crippen LogP contribution in [0.4, 0.5) is 5.69 Å². The van der Waals surface area contributed by atoms with Gasteiger partial charge < -0.3 is 5.32 Å². The van der Waals surface area contributed by atoms with Crippen LogP contribution in [0.2, 0.25) is 0 Å². The SMILES string of the molecule is CCc1ccccc1NC(=O)c1cc2c(s1)CC[C@@H](C)C2. The third kappa shape index (κ3) is 3.03. The minimum atomic E-state index is 0.0305. The fourth-order valence-electron chi connectivity index (χ4n) is 2.95. The summed E-state index contributed by atoms with van der Waals surface area (Å²) in [5.74, 6) is 0.770. The molecule has 1 aliphatic rings. The second-order valence-corrected chi connectivity index (χ2v) is 7.01. The van der Waals surface area contributed by atoms with Crippen molar-refractivity contribution in [2.75, 3.05) is 5.32 Å². The van der Waals surface area contributed by atoms with Crippen LogP contribution in [0.1, 0.15) is 45.9 Å². The van der Waals surface area contributed by atoms with E-state index >= 15 is 0 Å². The number of rotatable bonds is 3. The number of fused-ring (bicyclic) bond motifs is 1. The lowest BCUT2D eigenvalue weighted by Crippen LogP contribution is -2.11. The second kappa shape index (κ2) is 6.02. The van der Waals surface area contributed by atoms with E-state index < -0.39 is 0 Å². The average Bonchev–Trinajstić information content (AvgIpc) is 2.91. The smallest absolute Gasteiger partial charge is 0.265 e. The van der Waals surface area contributed by atoms with E-state index in [0.717, 1.165) is 35.7 Å². The lowest BCUT2D eigenvalue weighted by atomic mass is 9.90. The molecule has 1 amide bonds. The molecule has 1 N–H and O–H groups in total. The first kappa shape index (κ1) is 14.3. The number of aryl methyl sites for hydroxylation is 2. The topological polar surface area (TPSA) is 29.1 Å². The number of carbonyl (C=O) groups is 1. The minimum Gasteiger partial charge on any atom is -0.321 e. The minimum absolute atomic E-state index is 0.0305. The van der Waals surface area contributed by atoms with Crippen molar-refractivity contribution < 1.29 is 4.79 Å². The summed E-state index contributed by atoms with van der Waals surface area (Å²) in [7, 11) is 0. The first-order valence-corrected chi connectivity index (χ1v) is 8.50. The monoisotopic (exact) mass is 299 g/mol. The molecule has 0 saturated heterocycles. The molecule has 1 heterocycles. The van der Waals surface area contributed by atoms with Gasteiger partial charge in [-0.15, -0.1) is 11.3 Å². The van der Waals surface area contributed by atoms with Crippen molar-refractivity contribution in [2.24, 2.45) is 5.92 Å². The maximum absolute atomic E-state index is 12.5. The summed E-state index contributed by atoms with van der Waals surface area (Å²) < 4.78 is 0. The number of para-hydroxylation sites is 1. The fourth-order valence-corrected chi connectivity index (χ4v) is 4.06. The van der Waals surface area contributed by atoms with Crippen LogP contribution >= 0.6 is 11.3 Å². The van der Waals surface area contributed by atoms with E-state index in [0.29, 0.717) is 0 Å². The van der Waals surface area contributed by atoms with Crippen LogP contribution < -0.4 is 5.32 Å². The molecular formula is C18H21NOS. The van der Waals surface area contributed by atoms with Crippen molar-refractivity contribution in [2.45, 2.75) is 39.5 Å². The van der Waals surface area contributed by atoms with Gasteiger partial charge in [-0.3, -0.25) is 4.79 Å². The molecule has 110 valence electrons. The van der Waals surface area contributed by atoms with Crippen LogP contribution in [0.25, 0.3) is 0 Å². The molecule has 3 rings (SSSR count). The van der Waals surface area contributed by atoms with Crippen molar-refractivity contribution in [1.29, 1.82) is 0 Å². The zero-order valence-electron chi connectivity index (χ0n) is 12.6. The van der Waals surface area contributed by atoms with E-state index in [1.54, 1.807) is 11.3 Å². The maximum atomic E-state index is 12.5. The van der Waals surface area contributed by atoms with E-state index in [-0.39, 0.29) is 5.91 Å². The van der Waals surface area contributed by atoms with Crippen molar-refractivity contribution >= 4 is 22.9 Å². The number of carbonyl (C=O) groups excluding carboxylic acids is 1. The zero-order chi connectivity index (χ0) is 14.8. The molecule has 0 fully saturated rings. The predicted molar refractivity (Wildman–Crippen MR) is 89.3 cm³/mol. The molecule has 0 unspecified atom stereocenters. The predicted octanol–water partition coefficient (Wildman–Crippen LogP) is 4.69. The van der Waals surface area contributed by atoms with Gasteiger partial charge >= 0.3 is 0 Å². The third-order valence-electron chi connectivity index (χ3n) is 4.20. The van der Waals surface area contributed by atoms with Gasteiger partial charge in [-0.05, 0) is 54.9 Å². The molecule has 1 aliphatic carbocycles. The molecule has 3 heteroatoms. The highest BCUT2D eigenvalue weighted by atomic mass is 32.1. The summed E-state index contributed by atoms with van der Waals surface area (Å²) >= 11 is 1.67. The Morgan fingerprint density at radius 1 is 1.38 bits per heavy atom. The standard InChI is InChI=1S/C18H21NOS/c1-3-13-6-4-5-7-15(13)19-18(20)17-11-14-10-12(2)8-9-16(14)21-17/h4-7,11-12H,3,8-10H2,1-2H3,(H,19,20)/t12-/m1/s1. The molecule has 0 radical (unpaired) electrons. The van der Waals surface area contributed by atoms with Gasteiger partial charge in [0.2, 0.25) is 0 Å². The summed E-state index contributed by atoms with van der Waals surface area (Å²) in [5.41, 5.74) is 3.50. The molecule has 1 aromatic heterocycles. The maximum Gasteiger partial charge on any atom is 0.265 e. The Bertz CT molecular complexity index is 659. The number of nitrogens with one attached hydrogen (secondary N) is 1. The van der Waals surface area contributed by atoms with Crippen molar-refractivity contribution in [3.8, 4) is 0 Å². The molecule has 2 aromatic rings. The molecule has 0 spiro atoms. The van der Waals surface area contributed by atoms with E-state index in [9.17, 15) is 4.79 Å². The number of amides is 1. The highest BCUT2D eigenvalue weighted by Gasteiger charge is 2.20. The number of benzene rings is 1. The van der Waals surface area contributed by atoms with Crippen LogP contribution in [-0.4, -0.2) is 5.91 Å². The fraction of sp³-hybridized carbons (Fsp3) is 0.389. The van der Waals surface area contributed by atoms with Gasteiger partial charge in [0.05, 0.1) is 4.88 Å². The molecule has 1 aromatic carbocycles. The van der Waals surface area contributed by atoms with E-state index in [2.05, 4.69) is 31.3 Å². The molecular weight excluding hydrogens is 278 g/mol. The molecule has 0 bridgehead atoms. The van der Waals surface area contributed by atoms with Crippen LogP contribution in [0.5, 0.6) is 0 Å². The molecule has 21 heavy (non-hydrogen) atoms. The number of thiophene rings is 1. The van der Waals surface area contributed by atoms with E-state index in [4.69, 9.17) is 0 Å². The van der Waals surface area contributed by atoms with Crippen LogP contribution in [0.3, 0.4) is 0 Å². The number of hydrogen-bond donors (Lipinski definition) is 1. The summed E-state index contributed by atoms with van der Waals surface area (Å²) in [6.07, 6.45) is 4.41. The average molecular weight is 299 g/mol. The van der Waals surface area contributed by atoms with Gasteiger partial charge in [0.15, 0.2) is 0 Å². The normalized spacial score (nSPS) is 17.3. The molecule has 1 atom stereocenters. The molecule has 0 aliphatic heterocycles. The molecule has 2 nitrogen and oxygen atoms in total. The Labute approximate surface area is 130 Å². The highest BCUT2D eigenvalue weighted by molar-refractivity contribution is 7.14. The Hall–Kier alpha value is -1.61. The van der Waals surface area contributed by atoms with Crippen molar-refractivity contribution in [1.82, 2.24) is 0 Å².